The second-order valence-corrected chi connectivity index (χ2v) is 11.3. The molecule has 0 amide bonds. The number of hydrogen-bond acceptors (Lipinski definition) is 3. The molecule has 0 saturated heterocycles. The van der Waals surface area contributed by atoms with Crippen LogP contribution in [0.3, 0.4) is 0 Å². The first kappa shape index (κ1) is 25.0. The molecule has 1 aliphatic carbocycles. The molecule has 2 heterocycles. The van der Waals surface area contributed by atoms with Crippen LogP contribution in [0.25, 0.3) is 11.3 Å². The smallest absolute Gasteiger partial charge is 0.263 e. The van der Waals surface area contributed by atoms with Crippen LogP contribution < -0.4 is 4.72 Å². The summed E-state index contributed by atoms with van der Waals surface area (Å²) in [6.07, 6.45) is 0.586. The largest absolute Gasteiger partial charge is 0.417 e. The minimum absolute atomic E-state index is 0.0543. The van der Waals surface area contributed by atoms with E-state index in [2.05, 4.69) is 30.7 Å². The van der Waals surface area contributed by atoms with E-state index in [1.54, 1.807) is 16.9 Å². The highest BCUT2D eigenvalue weighted by molar-refractivity contribution is 9.10. The molecule has 1 N–H and O–H groups in total. The first-order valence-corrected chi connectivity index (χ1v) is 12.5. The lowest BCUT2D eigenvalue weighted by atomic mass is 9.98. The number of aromatic nitrogens is 3. The molecule has 3 aromatic rings. The Morgan fingerprint density at radius 3 is 2.50 bits per heavy atom. The monoisotopic (exact) mass is 558 g/mol. The fourth-order valence-electron chi connectivity index (χ4n) is 3.83. The van der Waals surface area contributed by atoms with Crippen LogP contribution in [0, 0.1) is 11.7 Å². The van der Waals surface area contributed by atoms with Gasteiger partial charge in [-0.2, -0.15) is 18.3 Å². The molecule has 1 aliphatic rings. The summed E-state index contributed by atoms with van der Waals surface area (Å²) in [4.78, 5) is 3.31. The van der Waals surface area contributed by atoms with Crippen LogP contribution in [0.1, 0.15) is 50.8 Å². The van der Waals surface area contributed by atoms with Crippen LogP contribution in [0.4, 0.5) is 17.6 Å². The van der Waals surface area contributed by atoms with Gasteiger partial charge in [-0.25, -0.2) is 13.3 Å². The second-order valence-electron chi connectivity index (χ2n) is 9.23. The molecule has 0 bridgehead atoms. The maximum Gasteiger partial charge on any atom is 0.417 e. The predicted molar refractivity (Wildman–Crippen MR) is 125 cm³/mol. The number of alkyl halides is 3. The lowest BCUT2D eigenvalue weighted by molar-refractivity contribution is -0.139. The van der Waals surface area contributed by atoms with E-state index in [1.807, 2.05) is 20.8 Å². The number of benzene rings is 1. The fourth-order valence-corrected chi connectivity index (χ4v) is 5.48. The van der Waals surface area contributed by atoms with Crippen LogP contribution in [0.2, 0.25) is 0 Å². The second kappa shape index (κ2) is 9.16. The number of nitrogens with zero attached hydrogens (tertiary/aromatic N) is 3. The summed E-state index contributed by atoms with van der Waals surface area (Å²) in [5.74, 6) is -0.380. The molecule has 0 spiro atoms. The molecular formula is C23H23BrF4N4OS. The van der Waals surface area contributed by atoms with E-state index < -0.39 is 45.0 Å². The number of nitrogens with one attached hydrogen (secondary N) is 1. The summed E-state index contributed by atoms with van der Waals surface area (Å²) in [5, 5.41) is 4.54. The Kier molecular flexibility index (Phi) is 6.73. The van der Waals surface area contributed by atoms with Gasteiger partial charge in [0.05, 0.1) is 33.9 Å². The number of halogens is 5. The van der Waals surface area contributed by atoms with Gasteiger partial charge < -0.3 is 0 Å². The van der Waals surface area contributed by atoms with Gasteiger partial charge in [0.1, 0.15) is 16.8 Å². The molecular weight excluding hydrogens is 536 g/mol. The summed E-state index contributed by atoms with van der Waals surface area (Å²) < 4.78 is 73.2. The van der Waals surface area contributed by atoms with Gasteiger partial charge in [-0.3, -0.25) is 9.67 Å². The normalized spacial score (nSPS) is 16.5. The van der Waals surface area contributed by atoms with Gasteiger partial charge in [0.2, 0.25) is 0 Å². The molecule has 34 heavy (non-hydrogen) atoms. The highest BCUT2D eigenvalue weighted by atomic mass is 79.9. The standard InChI is InChI=1S/C23H23BrF4N4OS/c1-22(2,3)32-21(15-10-14(25)6-7-18(15)24)16(11-30-32)20(13-4-5-13)31-34(33)19-12-29-9-8-17(19)23(26,27)28/h6-13,20,31H,4-5H2,1-3H3/t20-,34?/m1/s1. The van der Waals surface area contributed by atoms with Gasteiger partial charge in [0.25, 0.3) is 0 Å². The zero-order valence-corrected chi connectivity index (χ0v) is 21.1. The Morgan fingerprint density at radius 2 is 1.88 bits per heavy atom. The van der Waals surface area contributed by atoms with E-state index in [9.17, 15) is 21.8 Å². The number of rotatable bonds is 6. The molecule has 11 heteroatoms. The van der Waals surface area contributed by atoms with Crippen molar-refractivity contribution in [3.8, 4) is 11.3 Å². The third kappa shape index (κ3) is 5.11. The quantitative estimate of drug-likeness (QED) is 0.357. The van der Waals surface area contributed by atoms with Crippen LogP contribution in [-0.4, -0.2) is 19.0 Å². The van der Waals surface area contributed by atoms with Crippen molar-refractivity contribution in [3.63, 3.8) is 0 Å². The van der Waals surface area contributed by atoms with Gasteiger partial charge in [-0.05, 0) is 63.8 Å². The fraction of sp³-hybridized carbons (Fsp3) is 0.391. The average molecular weight is 559 g/mol. The van der Waals surface area contributed by atoms with Crippen molar-refractivity contribution in [3.05, 3.63) is 64.3 Å². The highest BCUT2D eigenvalue weighted by Gasteiger charge is 2.40. The molecule has 0 aliphatic heterocycles. The van der Waals surface area contributed by atoms with Crippen molar-refractivity contribution in [2.75, 3.05) is 0 Å². The van der Waals surface area contributed by atoms with Gasteiger partial charge in [0, 0.05) is 28.0 Å². The van der Waals surface area contributed by atoms with E-state index in [0.29, 0.717) is 21.3 Å². The molecule has 1 aromatic carbocycles. The van der Waals surface area contributed by atoms with E-state index >= 15 is 0 Å². The van der Waals surface area contributed by atoms with Gasteiger partial charge in [-0.15, -0.1) is 0 Å². The Hall–Kier alpha value is -2.11. The molecule has 1 saturated carbocycles. The van der Waals surface area contributed by atoms with Crippen molar-refractivity contribution in [2.24, 2.45) is 5.92 Å². The van der Waals surface area contributed by atoms with Crippen molar-refractivity contribution in [1.82, 2.24) is 19.5 Å². The predicted octanol–water partition coefficient (Wildman–Crippen LogP) is 6.38. The maximum absolute atomic E-state index is 14.2. The summed E-state index contributed by atoms with van der Waals surface area (Å²) in [7, 11) is -2.19. The topological polar surface area (TPSA) is 59.8 Å². The molecule has 1 fully saturated rings. The summed E-state index contributed by atoms with van der Waals surface area (Å²) in [6.45, 7) is 5.84. The lowest BCUT2D eigenvalue weighted by Crippen LogP contribution is -2.28. The molecule has 0 radical (unpaired) electrons. The molecule has 5 nitrogen and oxygen atoms in total. The Bertz CT molecular complexity index is 1230. The van der Waals surface area contributed by atoms with Crippen molar-refractivity contribution in [2.45, 2.75) is 56.3 Å². The van der Waals surface area contributed by atoms with E-state index in [4.69, 9.17) is 0 Å². The maximum atomic E-state index is 14.2. The zero-order valence-electron chi connectivity index (χ0n) is 18.7. The number of pyridine rings is 1. The molecule has 2 atom stereocenters. The first-order valence-electron chi connectivity index (χ1n) is 10.6. The van der Waals surface area contributed by atoms with Gasteiger partial charge in [0.15, 0.2) is 0 Å². The highest BCUT2D eigenvalue weighted by Crippen LogP contribution is 2.46. The van der Waals surface area contributed by atoms with Crippen molar-refractivity contribution in [1.29, 1.82) is 0 Å². The van der Waals surface area contributed by atoms with Crippen LogP contribution in [0.15, 0.2) is 52.2 Å². The van der Waals surface area contributed by atoms with E-state index in [0.717, 1.165) is 31.3 Å². The minimum Gasteiger partial charge on any atom is -0.263 e. The minimum atomic E-state index is -4.67. The third-order valence-corrected chi connectivity index (χ3v) is 7.45. The molecule has 182 valence electrons. The van der Waals surface area contributed by atoms with Gasteiger partial charge >= 0.3 is 6.18 Å². The van der Waals surface area contributed by atoms with Gasteiger partial charge in [-0.1, -0.05) is 15.9 Å². The number of hydrogen-bond donors (Lipinski definition) is 1. The third-order valence-electron chi connectivity index (χ3n) is 5.57. The Balaban J connectivity index is 1.81. The summed E-state index contributed by atoms with van der Waals surface area (Å²) in [5.41, 5.74) is 0.343. The Labute approximate surface area is 205 Å². The Morgan fingerprint density at radius 1 is 1.18 bits per heavy atom. The zero-order chi connectivity index (χ0) is 24.8. The van der Waals surface area contributed by atoms with Crippen LogP contribution in [-0.2, 0) is 22.7 Å². The average Bonchev–Trinajstić information content (AvgIpc) is 3.49. The molecule has 4 rings (SSSR count). The van der Waals surface area contributed by atoms with Crippen LogP contribution >= 0.6 is 15.9 Å². The summed E-state index contributed by atoms with van der Waals surface area (Å²) in [6, 6.07) is 4.57. The summed E-state index contributed by atoms with van der Waals surface area (Å²) >= 11 is 3.49. The first-order chi connectivity index (χ1) is 15.9. The molecule has 1 unspecified atom stereocenters. The lowest BCUT2D eigenvalue weighted by Gasteiger charge is -2.26. The SMILES string of the molecule is CC(C)(C)n1ncc([C@H](NS(=O)c2cnccc2C(F)(F)F)C2CC2)c1-c1cc(F)ccc1Br. The van der Waals surface area contributed by atoms with Crippen molar-refractivity contribution < 1.29 is 21.8 Å². The van der Waals surface area contributed by atoms with Crippen LogP contribution in [0.5, 0.6) is 0 Å². The van der Waals surface area contributed by atoms with E-state index in [1.165, 1.54) is 12.1 Å². The van der Waals surface area contributed by atoms with E-state index in [-0.39, 0.29) is 5.92 Å². The van der Waals surface area contributed by atoms with Crippen molar-refractivity contribution >= 4 is 26.9 Å². The molecule has 2 aromatic heterocycles.